The lowest BCUT2D eigenvalue weighted by Gasteiger charge is -2.39. The van der Waals surface area contributed by atoms with Crippen molar-refractivity contribution in [2.75, 3.05) is 37.6 Å². The zero-order chi connectivity index (χ0) is 27.9. The highest BCUT2D eigenvalue weighted by atomic mass is 19.1. The maximum atomic E-state index is 15.4. The Morgan fingerprint density at radius 3 is 2.15 bits per heavy atom. The minimum atomic E-state index is -0.375. The number of benzene rings is 4. The fourth-order valence-electron chi connectivity index (χ4n) is 5.45. The van der Waals surface area contributed by atoms with Gasteiger partial charge in [-0.2, -0.15) is 0 Å². The van der Waals surface area contributed by atoms with E-state index in [9.17, 15) is 9.59 Å². The number of hydrogen-bond donors (Lipinski definition) is 1. The van der Waals surface area contributed by atoms with Crippen molar-refractivity contribution >= 4 is 17.4 Å². The van der Waals surface area contributed by atoms with Crippen LogP contribution in [0, 0.1) is 5.82 Å². The third-order valence-electron chi connectivity index (χ3n) is 7.42. The second-order valence-electron chi connectivity index (χ2n) is 10.0. The molecule has 4 aromatic carbocycles. The Morgan fingerprint density at radius 1 is 0.825 bits per heavy atom. The Bertz CT molecular complexity index is 1450. The molecule has 0 spiro atoms. The number of Topliss-reactive ketones (excluding diaryl/α,β-unsaturated/α-hetero) is 1. The van der Waals surface area contributed by atoms with Gasteiger partial charge in [0.15, 0.2) is 5.78 Å². The predicted molar refractivity (Wildman–Crippen MR) is 158 cm³/mol. The summed E-state index contributed by atoms with van der Waals surface area (Å²) < 4.78 is 15.4. The van der Waals surface area contributed by atoms with E-state index in [1.165, 1.54) is 6.07 Å². The highest BCUT2D eigenvalue weighted by molar-refractivity contribution is 6.03. The van der Waals surface area contributed by atoms with Crippen LogP contribution in [0.1, 0.15) is 34.5 Å². The quantitative estimate of drug-likeness (QED) is 0.271. The molecule has 40 heavy (non-hydrogen) atoms. The lowest BCUT2D eigenvalue weighted by molar-refractivity contribution is -0.126. The van der Waals surface area contributed by atoms with Gasteiger partial charge in [0.25, 0.3) is 0 Å². The molecule has 204 valence electrons. The van der Waals surface area contributed by atoms with Gasteiger partial charge in [0.1, 0.15) is 11.9 Å². The summed E-state index contributed by atoms with van der Waals surface area (Å²) >= 11 is 0. The number of halogens is 1. The number of amides is 1. The van der Waals surface area contributed by atoms with Gasteiger partial charge in [-0.1, -0.05) is 91.0 Å². The van der Waals surface area contributed by atoms with Gasteiger partial charge in [0.05, 0.1) is 5.69 Å². The number of nitrogens with zero attached hydrogens (tertiary/aromatic N) is 2. The fourth-order valence-corrected chi connectivity index (χ4v) is 5.45. The average molecular weight is 536 g/mol. The molecule has 5 rings (SSSR count). The number of carbonyl (C=O) groups excluding carboxylic acids is 2. The SMILES string of the molecule is CCNC(=O)[C@H](c1ccccc1)N1CCN(c2ccc(CC(=O)c3ccccc3-c3ccccc3)cc2F)CC1. The zero-order valence-electron chi connectivity index (χ0n) is 22.7. The third-order valence-corrected chi connectivity index (χ3v) is 7.42. The van der Waals surface area contributed by atoms with Crippen molar-refractivity contribution in [3.05, 3.63) is 126 Å². The van der Waals surface area contributed by atoms with Crippen molar-refractivity contribution in [3.8, 4) is 11.1 Å². The maximum absolute atomic E-state index is 15.4. The highest BCUT2D eigenvalue weighted by Crippen LogP contribution is 2.28. The first kappa shape index (κ1) is 27.3. The number of anilines is 1. The van der Waals surface area contributed by atoms with Crippen LogP contribution in [0.15, 0.2) is 103 Å². The van der Waals surface area contributed by atoms with E-state index in [1.807, 2.05) is 103 Å². The van der Waals surface area contributed by atoms with Crippen molar-refractivity contribution in [3.63, 3.8) is 0 Å². The lowest BCUT2D eigenvalue weighted by Crippen LogP contribution is -2.51. The normalized spacial score (nSPS) is 14.5. The number of piperazine rings is 1. The van der Waals surface area contributed by atoms with Crippen LogP contribution in [0.5, 0.6) is 0 Å². The monoisotopic (exact) mass is 535 g/mol. The van der Waals surface area contributed by atoms with Gasteiger partial charge in [-0.25, -0.2) is 4.39 Å². The molecule has 0 bridgehead atoms. The summed E-state index contributed by atoms with van der Waals surface area (Å²) in [5.74, 6) is -0.396. The van der Waals surface area contributed by atoms with Gasteiger partial charge in [0.2, 0.25) is 5.91 Å². The molecule has 0 aromatic heterocycles. The summed E-state index contributed by atoms with van der Waals surface area (Å²) in [6.45, 7) is 4.95. The topological polar surface area (TPSA) is 52.7 Å². The molecule has 1 fully saturated rings. The Balaban J connectivity index is 1.26. The van der Waals surface area contributed by atoms with Gasteiger partial charge in [0, 0.05) is 44.7 Å². The van der Waals surface area contributed by atoms with Crippen LogP contribution < -0.4 is 10.2 Å². The molecule has 0 unspecified atom stereocenters. The molecule has 5 nitrogen and oxygen atoms in total. The van der Waals surface area contributed by atoms with Crippen LogP contribution in [0.25, 0.3) is 11.1 Å². The molecule has 1 saturated heterocycles. The molecule has 6 heteroatoms. The molecule has 1 N–H and O–H groups in total. The molecule has 1 aliphatic heterocycles. The summed E-state index contributed by atoms with van der Waals surface area (Å²) in [6, 6.07) is 31.9. The van der Waals surface area contributed by atoms with Crippen molar-refractivity contribution in [2.24, 2.45) is 0 Å². The van der Waals surface area contributed by atoms with Crippen molar-refractivity contribution < 1.29 is 14.0 Å². The second kappa shape index (κ2) is 12.7. The summed E-state index contributed by atoms with van der Waals surface area (Å²) in [5, 5.41) is 2.96. The van der Waals surface area contributed by atoms with E-state index in [-0.39, 0.29) is 30.0 Å². The Hall–Kier alpha value is -4.29. The van der Waals surface area contributed by atoms with Gasteiger partial charge < -0.3 is 10.2 Å². The van der Waals surface area contributed by atoms with E-state index in [2.05, 4.69) is 10.2 Å². The third kappa shape index (κ3) is 6.13. The number of carbonyl (C=O) groups is 2. The van der Waals surface area contributed by atoms with Crippen molar-refractivity contribution in [2.45, 2.75) is 19.4 Å². The number of nitrogens with one attached hydrogen (secondary N) is 1. The van der Waals surface area contributed by atoms with E-state index in [0.717, 1.165) is 16.7 Å². The molecule has 0 radical (unpaired) electrons. The number of ketones is 1. The average Bonchev–Trinajstić information content (AvgIpc) is 2.99. The molecule has 0 aliphatic carbocycles. The molecule has 0 saturated carbocycles. The molecular weight excluding hydrogens is 501 g/mol. The van der Waals surface area contributed by atoms with Crippen LogP contribution >= 0.6 is 0 Å². The minimum absolute atomic E-state index is 0.0174. The van der Waals surface area contributed by atoms with E-state index in [1.54, 1.807) is 6.07 Å². The van der Waals surface area contributed by atoms with Gasteiger partial charge in [-0.15, -0.1) is 0 Å². The summed E-state index contributed by atoms with van der Waals surface area (Å²) in [7, 11) is 0. The van der Waals surface area contributed by atoms with Crippen LogP contribution in [0.3, 0.4) is 0 Å². The predicted octanol–water partition coefficient (Wildman–Crippen LogP) is 5.92. The smallest absolute Gasteiger partial charge is 0.241 e. The first-order chi connectivity index (χ1) is 19.5. The lowest BCUT2D eigenvalue weighted by atomic mass is 9.94. The fraction of sp³-hybridized carbons (Fsp3) is 0.235. The van der Waals surface area contributed by atoms with Gasteiger partial charge >= 0.3 is 0 Å². The van der Waals surface area contributed by atoms with E-state index < -0.39 is 0 Å². The van der Waals surface area contributed by atoms with E-state index >= 15 is 4.39 Å². The molecular formula is C34H34FN3O2. The summed E-state index contributed by atoms with van der Waals surface area (Å²) in [6.07, 6.45) is 0.125. The Labute approximate surface area is 235 Å². The van der Waals surface area contributed by atoms with Crippen molar-refractivity contribution in [1.82, 2.24) is 10.2 Å². The minimum Gasteiger partial charge on any atom is -0.367 e. The standard InChI is InChI=1S/C34H34FN3O2/c1-2-36-34(40)33(27-13-7-4-8-14-27)38-21-19-37(20-22-38)31-18-17-25(23-30(31)35)24-32(39)29-16-10-9-15-28(29)26-11-5-3-6-12-26/h3-18,23,33H,2,19-22,24H2,1H3,(H,36,40)/t33-/m0/s1. The number of likely N-dealkylation sites (N-methyl/N-ethyl adjacent to an activating group) is 1. The van der Waals surface area contributed by atoms with Crippen molar-refractivity contribution in [1.29, 1.82) is 0 Å². The first-order valence-electron chi connectivity index (χ1n) is 13.8. The molecule has 4 aromatic rings. The van der Waals surface area contributed by atoms with Gasteiger partial charge in [-0.3, -0.25) is 14.5 Å². The zero-order valence-corrected chi connectivity index (χ0v) is 22.7. The molecule has 1 atom stereocenters. The van der Waals surface area contributed by atoms with Gasteiger partial charge in [-0.05, 0) is 41.3 Å². The molecule has 1 aliphatic rings. The summed E-state index contributed by atoms with van der Waals surface area (Å²) in [4.78, 5) is 30.4. The largest absolute Gasteiger partial charge is 0.367 e. The maximum Gasteiger partial charge on any atom is 0.241 e. The highest BCUT2D eigenvalue weighted by Gasteiger charge is 2.30. The molecule has 1 amide bonds. The van der Waals surface area contributed by atoms with Crippen LogP contribution in [-0.4, -0.2) is 49.3 Å². The summed E-state index contributed by atoms with van der Waals surface area (Å²) in [5.41, 5.74) is 4.62. The van der Waals surface area contributed by atoms with E-state index in [0.29, 0.717) is 49.5 Å². The molecule has 1 heterocycles. The Kier molecular flexibility index (Phi) is 8.67. The number of rotatable bonds is 9. The number of hydrogen-bond acceptors (Lipinski definition) is 4. The second-order valence-corrected chi connectivity index (χ2v) is 10.0. The van der Waals surface area contributed by atoms with Crippen LogP contribution in [-0.2, 0) is 11.2 Å². The first-order valence-corrected chi connectivity index (χ1v) is 13.8. The van der Waals surface area contributed by atoms with E-state index in [4.69, 9.17) is 0 Å². The van der Waals surface area contributed by atoms with Crippen LogP contribution in [0.4, 0.5) is 10.1 Å². The van der Waals surface area contributed by atoms with Crippen LogP contribution in [0.2, 0.25) is 0 Å². The Morgan fingerprint density at radius 2 is 1.48 bits per heavy atom.